The van der Waals surface area contributed by atoms with Gasteiger partial charge in [-0.2, -0.15) is 13.2 Å². The summed E-state index contributed by atoms with van der Waals surface area (Å²) in [6.45, 7) is 0.643. The van der Waals surface area contributed by atoms with E-state index in [1.165, 1.54) is 17.0 Å². The number of rotatable bonds is 4. The fourth-order valence-corrected chi connectivity index (χ4v) is 3.40. The summed E-state index contributed by atoms with van der Waals surface area (Å²) in [6.07, 6.45) is -4.35. The van der Waals surface area contributed by atoms with Gasteiger partial charge in [-0.15, -0.1) is 11.3 Å². The van der Waals surface area contributed by atoms with Crippen LogP contribution in [0.25, 0.3) is 0 Å². The maximum absolute atomic E-state index is 12.5. The first-order valence-electron chi connectivity index (χ1n) is 6.65. The number of amides is 2. The molecule has 3 nitrogen and oxygen atoms in total. The molecule has 0 aliphatic heterocycles. The summed E-state index contributed by atoms with van der Waals surface area (Å²) in [4.78, 5) is 14.5. The Balaban J connectivity index is 1.86. The standard InChI is InChI=1S/C15H14BrF3N2OS/c1-21(9-12-6-7-13(16)23-12)14(22)20-8-10-2-4-11(5-3-10)15(17,18)19/h2-7H,8-9H2,1H3,(H,20,22). The van der Waals surface area contributed by atoms with Crippen molar-refractivity contribution in [2.45, 2.75) is 19.3 Å². The second-order valence-corrected chi connectivity index (χ2v) is 7.46. The fraction of sp³-hybridized carbons (Fsp3) is 0.267. The fourth-order valence-electron chi connectivity index (χ4n) is 1.87. The van der Waals surface area contributed by atoms with Gasteiger partial charge >= 0.3 is 12.2 Å². The van der Waals surface area contributed by atoms with Gasteiger partial charge in [0.15, 0.2) is 0 Å². The van der Waals surface area contributed by atoms with Crippen LogP contribution < -0.4 is 5.32 Å². The number of halogens is 4. The lowest BCUT2D eigenvalue weighted by Gasteiger charge is -2.17. The number of thiophene rings is 1. The van der Waals surface area contributed by atoms with Crippen molar-refractivity contribution in [2.75, 3.05) is 7.05 Å². The molecule has 2 rings (SSSR count). The number of alkyl halides is 3. The molecule has 1 N–H and O–H groups in total. The van der Waals surface area contributed by atoms with Crippen molar-refractivity contribution in [1.82, 2.24) is 10.2 Å². The quantitative estimate of drug-likeness (QED) is 0.771. The van der Waals surface area contributed by atoms with Gasteiger partial charge in [-0.1, -0.05) is 12.1 Å². The zero-order valence-electron chi connectivity index (χ0n) is 12.2. The molecule has 1 aromatic heterocycles. The zero-order valence-corrected chi connectivity index (χ0v) is 14.6. The van der Waals surface area contributed by atoms with E-state index in [1.807, 2.05) is 12.1 Å². The molecule has 0 spiro atoms. The van der Waals surface area contributed by atoms with Gasteiger partial charge in [0.25, 0.3) is 0 Å². The number of carbonyl (C=O) groups is 1. The van der Waals surface area contributed by atoms with Crippen molar-refractivity contribution in [1.29, 1.82) is 0 Å². The smallest absolute Gasteiger partial charge is 0.334 e. The lowest BCUT2D eigenvalue weighted by molar-refractivity contribution is -0.137. The van der Waals surface area contributed by atoms with E-state index in [0.29, 0.717) is 12.1 Å². The SMILES string of the molecule is CN(Cc1ccc(Br)s1)C(=O)NCc1ccc(C(F)(F)F)cc1. The molecule has 2 aromatic rings. The highest BCUT2D eigenvalue weighted by Crippen LogP contribution is 2.29. The average molecular weight is 407 g/mol. The number of hydrogen-bond donors (Lipinski definition) is 1. The topological polar surface area (TPSA) is 32.3 Å². The Morgan fingerprint density at radius 3 is 2.39 bits per heavy atom. The predicted octanol–water partition coefficient (Wildman–Crippen LogP) is 4.87. The second kappa shape index (κ2) is 7.35. The first-order chi connectivity index (χ1) is 10.8. The van der Waals surface area contributed by atoms with E-state index < -0.39 is 11.7 Å². The van der Waals surface area contributed by atoms with Crippen molar-refractivity contribution >= 4 is 33.3 Å². The summed E-state index contributed by atoms with van der Waals surface area (Å²) >= 11 is 4.90. The van der Waals surface area contributed by atoms with E-state index >= 15 is 0 Å². The lowest BCUT2D eigenvalue weighted by atomic mass is 10.1. The Bertz CT molecular complexity index is 670. The van der Waals surface area contributed by atoms with Gasteiger partial charge < -0.3 is 10.2 Å². The summed E-state index contributed by atoms with van der Waals surface area (Å²) in [5.74, 6) is 0. The van der Waals surface area contributed by atoms with Crippen molar-refractivity contribution < 1.29 is 18.0 Å². The highest BCUT2D eigenvalue weighted by molar-refractivity contribution is 9.11. The van der Waals surface area contributed by atoms with Crippen LogP contribution >= 0.6 is 27.3 Å². The maximum Gasteiger partial charge on any atom is 0.416 e. The molecule has 0 unspecified atom stereocenters. The first kappa shape index (κ1) is 17.8. The van der Waals surface area contributed by atoms with E-state index in [4.69, 9.17) is 0 Å². The van der Waals surface area contributed by atoms with Gasteiger partial charge in [0, 0.05) is 18.5 Å². The Kier molecular flexibility index (Phi) is 5.69. The van der Waals surface area contributed by atoms with Gasteiger partial charge in [0.05, 0.1) is 15.9 Å². The van der Waals surface area contributed by atoms with Gasteiger partial charge in [-0.3, -0.25) is 0 Å². The monoisotopic (exact) mass is 406 g/mol. The lowest BCUT2D eigenvalue weighted by Crippen LogP contribution is -2.36. The van der Waals surface area contributed by atoms with Crippen LogP contribution in [0.5, 0.6) is 0 Å². The number of hydrogen-bond acceptors (Lipinski definition) is 2. The summed E-state index contributed by atoms with van der Waals surface area (Å²) in [5, 5.41) is 2.68. The van der Waals surface area contributed by atoms with Crippen LogP contribution in [0, 0.1) is 0 Å². The van der Waals surface area contributed by atoms with Gasteiger partial charge in [-0.05, 0) is 45.8 Å². The third-order valence-corrected chi connectivity index (χ3v) is 4.70. The van der Waals surface area contributed by atoms with Crippen molar-refractivity contribution in [2.24, 2.45) is 0 Å². The van der Waals surface area contributed by atoms with Crippen LogP contribution in [0.2, 0.25) is 0 Å². The van der Waals surface area contributed by atoms with Crippen LogP contribution in [0.3, 0.4) is 0 Å². The van der Waals surface area contributed by atoms with Gasteiger partial charge in [0.2, 0.25) is 0 Å². The van der Waals surface area contributed by atoms with Crippen LogP contribution in [0.15, 0.2) is 40.2 Å². The van der Waals surface area contributed by atoms with Crippen LogP contribution in [0.1, 0.15) is 16.0 Å². The zero-order chi connectivity index (χ0) is 17.0. The molecule has 0 aliphatic rings. The molecular weight excluding hydrogens is 393 g/mol. The molecule has 23 heavy (non-hydrogen) atoms. The largest absolute Gasteiger partial charge is 0.416 e. The number of urea groups is 1. The molecule has 0 atom stereocenters. The molecule has 0 fully saturated rings. The van der Waals surface area contributed by atoms with Crippen LogP contribution in [0.4, 0.5) is 18.0 Å². The van der Waals surface area contributed by atoms with Crippen molar-refractivity contribution in [3.8, 4) is 0 Å². The molecule has 2 amide bonds. The maximum atomic E-state index is 12.5. The minimum absolute atomic E-state index is 0.176. The van der Waals surface area contributed by atoms with Gasteiger partial charge in [-0.25, -0.2) is 4.79 Å². The molecule has 124 valence electrons. The minimum atomic E-state index is -4.35. The number of benzene rings is 1. The number of nitrogens with one attached hydrogen (secondary N) is 1. The van der Waals surface area contributed by atoms with Crippen molar-refractivity contribution in [3.63, 3.8) is 0 Å². The summed E-state index contributed by atoms with van der Waals surface area (Å²) in [5.41, 5.74) is -0.0911. The third-order valence-electron chi connectivity index (χ3n) is 3.09. The van der Waals surface area contributed by atoms with Crippen LogP contribution in [-0.2, 0) is 19.3 Å². The number of carbonyl (C=O) groups excluding carboxylic acids is 1. The molecule has 1 aromatic carbocycles. The van der Waals surface area contributed by atoms with Crippen LogP contribution in [-0.4, -0.2) is 18.0 Å². The summed E-state index contributed by atoms with van der Waals surface area (Å²) in [6, 6.07) is 8.29. The Hall–Kier alpha value is -1.54. The summed E-state index contributed by atoms with van der Waals surface area (Å²) < 4.78 is 38.4. The second-order valence-electron chi connectivity index (χ2n) is 4.92. The van der Waals surface area contributed by atoms with E-state index in [0.717, 1.165) is 20.8 Å². The Morgan fingerprint density at radius 2 is 1.87 bits per heavy atom. The van der Waals surface area contributed by atoms with E-state index in [2.05, 4.69) is 21.2 Å². The molecule has 8 heteroatoms. The molecule has 1 heterocycles. The normalized spacial score (nSPS) is 11.3. The molecule has 0 bridgehead atoms. The predicted molar refractivity (Wildman–Crippen MR) is 87.2 cm³/mol. The highest BCUT2D eigenvalue weighted by Gasteiger charge is 2.29. The molecule has 0 saturated heterocycles. The molecular formula is C15H14BrF3N2OS. The van der Waals surface area contributed by atoms with Gasteiger partial charge in [0.1, 0.15) is 0 Å². The summed E-state index contributed by atoms with van der Waals surface area (Å²) in [7, 11) is 1.66. The highest BCUT2D eigenvalue weighted by atomic mass is 79.9. The minimum Gasteiger partial charge on any atom is -0.334 e. The molecule has 0 aliphatic carbocycles. The van der Waals surface area contributed by atoms with E-state index in [9.17, 15) is 18.0 Å². The van der Waals surface area contributed by atoms with Crippen molar-refractivity contribution in [3.05, 3.63) is 56.2 Å². The molecule has 0 radical (unpaired) electrons. The Labute approximate surface area is 144 Å². The third kappa shape index (κ3) is 5.24. The number of nitrogens with zero attached hydrogens (tertiary/aromatic N) is 1. The van der Waals surface area contributed by atoms with E-state index in [-0.39, 0.29) is 12.6 Å². The first-order valence-corrected chi connectivity index (χ1v) is 8.26. The molecule has 0 saturated carbocycles. The van der Waals surface area contributed by atoms with E-state index in [1.54, 1.807) is 18.4 Å². The Morgan fingerprint density at radius 1 is 1.22 bits per heavy atom. The average Bonchev–Trinajstić information content (AvgIpc) is 2.89.